The van der Waals surface area contributed by atoms with Crippen LogP contribution >= 0.6 is 0 Å². The number of ether oxygens (including phenoxy) is 2. The van der Waals surface area contributed by atoms with Crippen molar-refractivity contribution in [1.82, 2.24) is 25.1 Å². The summed E-state index contributed by atoms with van der Waals surface area (Å²) in [5, 5.41) is 7.22. The number of aryl methyl sites for hydroxylation is 2. The van der Waals surface area contributed by atoms with Gasteiger partial charge in [-0.2, -0.15) is 15.1 Å². The highest BCUT2D eigenvalue weighted by Crippen LogP contribution is 2.30. The Morgan fingerprint density at radius 1 is 1.00 bits per heavy atom. The van der Waals surface area contributed by atoms with Crippen molar-refractivity contribution in [2.45, 2.75) is 11.8 Å². The van der Waals surface area contributed by atoms with Crippen LogP contribution in [0.4, 0.5) is 16.0 Å². The molecular weight excluding hydrogens is 513 g/mol. The minimum absolute atomic E-state index is 0.00558. The van der Waals surface area contributed by atoms with Gasteiger partial charge in [-0.1, -0.05) is 0 Å². The molecule has 3 heterocycles. The fourth-order valence-electron chi connectivity index (χ4n) is 3.88. The molecule has 2 aromatic heterocycles. The van der Waals surface area contributed by atoms with E-state index in [0.29, 0.717) is 17.1 Å². The fraction of sp³-hybridized carbons (Fsp3) is 0.240. The predicted octanol–water partition coefficient (Wildman–Crippen LogP) is 3.45. The summed E-state index contributed by atoms with van der Waals surface area (Å²) in [6.45, 7) is 5.36. The van der Waals surface area contributed by atoms with Crippen molar-refractivity contribution in [3.63, 3.8) is 0 Å². The normalized spacial score (nSPS) is 13.8. The van der Waals surface area contributed by atoms with E-state index in [2.05, 4.69) is 30.0 Å². The molecule has 2 aromatic carbocycles. The summed E-state index contributed by atoms with van der Waals surface area (Å²) in [5.74, 6) is 0.221. The number of hydrogen-bond donors (Lipinski definition) is 2. The van der Waals surface area contributed by atoms with Crippen LogP contribution in [0, 0.1) is 12.7 Å². The molecule has 1 saturated heterocycles. The smallest absolute Gasteiger partial charge is 0.267 e. The van der Waals surface area contributed by atoms with Gasteiger partial charge in [0.1, 0.15) is 22.2 Å². The number of benzene rings is 2. The molecule has 1 aliphatic rings. The third-order valence-corrected chi connectivity index (χ3v) is 7.07. The second kappa shape index (κ2) is 10.6. The summed E-state index contributed by atoms with van der Waals surface area (Å²) < 4.78 is 54.8. The van der Waals surface area contributed by atoms with Gasteiger partial charge in [0.2, 0.25) is 17.7 Å². The van der Waals surface area contributed by atoms with E-state index in [-0.39, 0.29) is 22.6 Å². The first kappa shape index (κ1) is 25.4. The van der Waals surface area contributed by atoms with Gasteiger partial charge in [-0.3, -0.25) is 4.68 Å². The molecule has 0 radical (unpaired) electrons. The average Bonchev–Trinajstić information content (AvgIpc) is 3.34. The topological polar surface area (TPSA) is 123 Å². The van der Waals surface area contributed by atoms with Gasteiger partial charge < -0.3 is 19.7 Å². The van der Waals surface area contributed by atoms with Crippen LogP contribution in [-0.2, 0) is 17.1 Å². The molecular formula is C25H26FN7O4S. The Hall–Kier alpha value is -4.23. The first-order chi connectivity index (χ1) is 18.2. The van der Waals surface area contributed by atoms with E-state index in [1.807, 2.05) is 24.3 Å². The van der Waals surface area contributed by atoms with Crippen molar-refractivity contribution < 1.29 is 22.3 Å². The molecule has 0 spiro atoms. The molecule has 2 N–H and O–H groups in total. The number of halogens is 1. The third-order valence-electron chi connectivity index (χ3n) is 5.79. The summed E-state index contributed by atoms with van der Waals surface area (Å²) in [6, 6.07) is 13.0. The summed E-state index contributed by atoms with van der Waals surface area (Å²) in [4.78, 5) is 10.6. The number of sulfonamides is 1. The van der Waals surface area contributed by atoms with Gasteiger partial charge in [0, 0.05) is 45.1 Å². The molecule has 0 atom stereocenters. The average molecular weight is 540 g/mol. The quantitative estimate of drug-likeness (QED) is 0.346. The van der Waals surface area contributed by atoms with Crippen molar-refractivity contribution in [3.05, 3.63) is 72.3 Å². The van der Waals surface area contributed by atoms with E-state index in [4.69, 9.17) is 9.47 Å². The minimum Gasteiger partial charge on any atom is -0.439 e. The lowest BCUT2D eigenvalue weighted by Crippen LogP contribution is -2.43. The van der Waals surface area contributed by atoms with Crippen molar-refractivity contribution in [1.29, 1.82) is 0 Å². The standard InChI is InChI=1S/C25H26FN7O4S/c1-17-13-18(26)3-8-22(17)37-24-14-23(29-25(30-24)31-38(34,35)21-15-28-32(2)16-21)36-20-6-4-19(5-7-20)33-11-9-27-10-12-33/h3-8,13-16,27H,9-12H2,1-2H3,(H,29,30,31). The summed E-state index contributed by atoms with van der Waals surface area (Å²) >= 11 is 0. The van der Waals surface area contributed by atoms with Crippen LogP contribution < -0.4 is 24.4 Å². The van der Waals surface area contributed by atoms with Crippen LogP contribution in [0.5, 0.6) is 23.3 Å². The minimum atomic E-state index is -4.03. The largest absolute Gasteiger partial charge is 0.439 e. The van der Waals surface area contributed by atoms with E-state index in [1.165, 1.54) is 41.3 Å². The highest BCUT2D eigenvalue weighted by atomic mass is 32.2. The Balaban J connectivity index is 1.43. The number of aromatic nitrogens is 4. The first-order valence-electron chi connectivity index (χ1n) is 11.8. The molecule has 5 rings (SSSR count). The highest BCUT2D eigenvalue weighted by Gasteiger charge is 2.20. The maximum absolute atomic E-state index is 13.6. The number of piperazine rings is 1. The van der Waals surface area contributed by atoms with Crippen molar-refractivity contribution in [2.75, 3.05) is 35.8 Å². The zero-order valence-electron chi connectivity index (χ0n) is 20.8. The molecule has 0 bridgehead atoms. The van der Waals surface area contributed by atoms with Gasteiger partial charge in [-0.15, -0.1) is 0 Å². The van der Waals surface area contributed by atoms with Crippen LogP contribution in [-0.4, -0.2) is 54.3 Å². The fourth-order valence-corrected chi connectivity index (χ4v) is 4.81. The lowest BCUT2D eigenvalue weighted by atomic mass is 10.2. The molecule has 13 heteroatoms. The molecule has 0 unspecified atom stereocenters. The number of nitrogens with one attached hydrogen (secondary N) is 2. The maximum Gasteiger partial charge on any atom is 0.267 e. The van der Waals surface area contributed by atoms with Crippen LogP contribution in [0.3, 0.4) is 0 Å². The summed E-state index contributed by atoms with van der Waals surface area (Å²) in [5.41, 5.74) is 1.61. The SMILES string of the molecule is Cc1cc(F)ccc1Oc1cc(Oc2ccc(N3CCNCC3)cc2)nc(NS(=O)(=O)c2cnn(C)c2)n1. The zero-order valence-corrected chi connectivity index (χ0v) is 21.6. The second-order valence-corrected chi connectivity index (χ2v) is 10.4. The van der Waals surface area contributed by atoms with Gasteiger partial charge >= 0.3 is 0 Å². The van der Waals surface area contributed by atoms with Crippen molar-refractivity contribution in [2.24, 2.45) is 7.05 Å². The van der Waals surface area contributed by atoms with Crippen LogP contribution in [0.2, 0.25) is 0 Å². The van der Waals surface area contributed by atoms with Crippen molar-refractivity contribution in [3.8, 4) is 23.3 Å². The predicted molar refractivity (Wildman–Crippen MR) is 139 cm³/mol. The number of nitrogens with zero attached hydrogens (tertiary/aromatic N) is 5. The Morgan fingerprint density at radius 3 is 2.37 bits per heavy atom. The lowest BCUT2D eigenvalue weighted by molar-refractivity contribution is 0.433. The Morgan fingerprint density at radius 2 is 1.71 bits per heavy atom. The van der Waals surface area contributed by atoms with Gasteiger partial charge in [0.25, 0.3) is 10.0 Å². The Kier molecular flexibility index (Phi) is 7.11. The van der Waals surface area contributed by atoms with E-state index < -0.39 is 15.8 Å². The van der Waals surface area contributed by atoms with E-state index in [1.54, 1.807) is 14.0 Å². The molecule has 0 saturated carbocycles. The molecule has 11 nitrogen and oxygen atoms in total. The van der Waals surface area contributed by atoms with Crippen LogP contribution in [0.15, 0.2) is 65.8 Å². The molecule has 38 heavy (non-hydrogen) atoms. The van der Waals surface area contributed by atoms with Gasteiger partial charge in [-0.05, 0) is 55.0 Å². The van der Waals surface area contributed by atoms with E-state index in [9.17, 15) is 12.8 Å². The van der Waals surface area contributed by atoms with E-state index in [0.717, 1.165) is 31.9 Å². The number of rotatable bonds is 8. The van der Waals surface area contributed by atoms with Gasteiger partial charge in [0.15, 0.2) is 0 Å². The molecule has 1 aliphatic heterocycles. The maximum atomic E-state index is 13.6. The van der Waals surface area contributed by atoms with Gasteiger partial charge in [-0.25, -0.2) is 17.5 Å². The van der Waals surface area contributed by atoms with Gasteiger partial charge in [0.05, 0.1) is 12.3 Å². The monoisotopic (exact) mass is 539 g/mol. The number of anilines is 2. The Bertz CT molecular complexity index is 1540. The molecule has 1 fully saturated rings. The summed E-state index contributed by atoms with van der Waals surface area (Å²) in [6.07, 6.45) is 2.56. The van der Waals surface area contributed by atoms with Crippen LogP contribution in [0.25, 0.3) is 0 Å². The highest BCUT2D eigenvalue weighted by molar-refractivity contribution is 7.92. The number of hydrogen-bond acceptors (Lipinski definition) is 9. The first-order valence-corrected chi connectivity index (χ1v) is 13.3. The van der Waals surface area contributed by atoms with Crippen molar-refractivity contribution >= 4 is 21.7 Å². The molecule has 0 aliphatic carbocycles. The summed E-state index contributed by atoms with van der Waals surface area (Å²) in [7, 11) is -2.43. The molecule has 4 aromatic rings. The Labute approximate surface area is 219 Å². The second-order valence-electron chi connectivity index (χ2n) is 8.67. The molecule has 0 amide bonds. The zero-order chi connectivity index (χ0) is 26.7. The van der Waals surface area contributed by atoms with E-state index >= 15 is 0 Å². The van der Waals surface area contributed by atoms with Crippen LogP contribution in [0.1, 0.15) is 5.56 Å². The third kappa shape index (κ3) is 6.01. The lowest BCUT2D eigenvalue weighted by Gasteiger charge is -2.29. The molecule has 198 valence electrons.